The lowest BCUT2D eigenvalue weighted by Crippen LogP contribution is -2.47. The Balaban J connectivity index is 1.49. The van der Waals surface area contributed by atoms with Gasteiger partial charge in [0.25, 0.3) is 0 Å². The molecule has 1 unspecified atom stereocenters. The van der Waals surface area contributed by atoms with Gasteiger partial charge in [0, 0.05) is 30.9 Å². The zero-order valence-corrected chi connectivity index (χ0v) is 14.6. The van der Waals surface area contributed by atoms with Crippen molar-refractivity contribution in [1.82, 2.24) is 35.3 Å². The molecule has 0 saturated carbocycles. The topological polar surface area (TPSA) is 88.0 Å². The van der Waals surface area contributed by atoms with Gasteiger partial charge in [0.2, 0.25) is 0 Å². The Bertz CT molecular complexity index is 667. The van der Waals surface area contributed by atoms with Crippen molar-refractivity contribution in [2.45, 2.75) is 38.8 Å². The van der Waals surface area contributed by atoms with Crippen molar-refractivity contribution in [3.8, 4) is 5.82 Å². The first-order chi connectivity index (χ1) is 12.2. The Morgan fingerprint density at radius 2 is 2.16 bits per heavy atom. The summed E-state index contributed by atoms with van der Waals surface area (Å²) in [4.78, 5) is 22.8. The number of amides is 2. The molecule has 8 heteroatoms. The Hall–Kier alpha value is -2.48. The highest BCUT2D eigenvalue weighted by molar-refractivity contribution is 5.74. The van der Waals surface area contributed by atoms with E-state index in [0.29, 0.717) is 12.4 Å². The molecule has 0 aromatic carbocycles. The first-order valence-electron chi connectivity index (χ1n) is 8.78. The van der Waals surface area contributed by atoms with Crippen molar-refractivity contribution < 1.29 is 4.79 Å². The van der Waals surface area contributed by atoms with Crippen LogP contribution < -0.4 is 10.6 Å². The summed E-state index contributed by atoms with van der Waals surface area (Å²) in [5.74, 6) is 0.668. The fourth-order valence-corrected chi connectivity index (χ4v) is 3.12. The minimum absolute atomic E-state index is 0.113. The van der Waals surface area contributed by atoms with E-state index in [2.05, 4.69) is 30.6 Å². The fraction of sp³-hybridized carbons (Fsp3) is 0.529. The summed E-state index contributed by atoms with van der Waals surface area (Å²) in [7, 11) is 0. The van der Waals surface area contributed by atoms with Crippen LogP contribution in [0.3, 0.4) is 0 Å². The lowest BCUT2D eigenvalue weighted by molar-refractivity contribution is 0.203. The van der Waals surface area contributed by atoms with Crippen LogP contribution in [0.15, 0.2) is 31.0 Å². The van der Waals surface area contributed by atoms with Gasteiger partial charge < -0.3 is 15.5 Å². The van der Waals surface area contributed by atoms with Gasteiger partial charge in [-0.25, -0.2) is 19.4 Å². The molecular weight excluding hydrogens is 318 g/mol. The van der Waals surface area contributed by atoms with Crippen LogP contribution >= 0.6 is 0 Å². The molecule has 1 aliphatic rings. The predicted molar refractivity (Wildman–Crippen MR) is 94.3 cm³/mol. The number of pyridine rings is 1. The summed E-state index contributed by atoms with van der Waals surface area (Å²) < 4.78 is 1.59. The number of urea groups is 1. The van der Waals surface area contributed by atoms with Gasteiger partial charge in [0.15, 0.2) is 5.82 Å². The molecule has 2 N–H and O–H groups in total. The normalized spacial score (nSPS) is 16.4. The zero-order valence-electron chi connectivity index (χ0n) is 14.6. The van der Waals surface area contributed by atoms with Gasteiger partial charge in [-0.1, -0.05) is 12.5 Å². The summed E-state index contributed by atoms with van der Waals surface area (Å²) in [5, 5.41) is 10.0. The van der Waals surface area contributed by atoms with Gasteiger partial charge in [-0.15, -0.1) is 0 Å². The minimum Gasteiger partial charge on any atom is -0.334 e. The van der Waals surface area contributed by atoms with E-state index in [-0.39, 0.29) is 12.1 Å². The summed E-state index contributed by atoms with van der Waals surface area (Å²) in [6.07, 6.45) is 8.57. The number of rotatable bonds is 6. The summed E-state index contributed by atoms with van der Waals surface area (Å²) >= 11 is 0. The number of hydrogen-bond donors (Lipinski definition) is 2. The molecular formula is C17H25N7O. The van der Waals surface area contributed by atoms with Crippen molar-refractivity contribution >= 4 is 6.03 Å². The smallest absolute Gasteiger partial charge is 0.315 e. The second-order valence-electron chi connectivity index (χ2n) is 6.42. The highest BCUT2D eigenvalue weighted by atomic mass is 16.2. The van der Waals surface area contributed by atoms with Crippen LogP contribution in [0, 0.1) is 0 Å². The van der Waals surface area contributed by atoms with Gasteiger partial charge in [0.1, 0.15) is 12.7 Å². The molecule has 134 valence electrons. The van der Waals surface area contributed by atoms with E-state index in [1.165, 1.54) is 25.6 Å². The average molecular weight is 343 g/mol. The van der Waals surface area contributed by atoms with E-state index in [0.717, 1.165) is 25.2 Å². The quantitative estimate of drug-likeness (QED) is 0.826. The average Bonchev–Trinajstić information content (AvgIpc) is 3.15. The SMILES string of the molecule is CC(CN1CCCCC1)NC(=O)NCc1cccnc1-n1cncn1. The van der Waals surface area contributed by atoms with Crippen LogP contribution in [0.4, 0.5) is 4.79 Å². The largest absolute Gasteiger partial charge is 0.334 e. The molecule has 3 rings (SSSR count). The van der Waals surface area contributed by atoms with Crippen molar-refractivity contribution in [2.24, 2.45) is 0 Å². The maximum Gasteiger partial charge on any atom is 0.315 e. The van der Waals surface area contributed by atoms with Crippen LogP contribution in [-0.4, -0.2) is 56.4 Å². The zero-order chi connectivity index (χ0) is 17.5. The third-order valence-corrected chi connectivity index (χ3v) is 4.30. The maximum absolute atomic E-state index is 12.2. The molecule has 25 heavy (non-hydrogen) atoms. The number of piperidine rings is 1. The molecule has 3 heterocycles. The Labute approximate surface area is 147 Å². The van der Waals surface area contributed by atoms with Crippen LogP contribution in [0.1, 0.15) is 31.7 Å². The molecule has 1 fully saturated rings. The Kier molecular flexibility index (Phi) is 5.95. The minimum atomic E-state index is -0.169. The summed E-state index contributed by atoms with van der Waals surface area (Å²) in [5.41, 5.74) is 0.881. The highest BCUT2D eigenvalue weighted by Gasteiger charge is 2.15. The molecule has 1 saturated heterocycles. The summed E-state index contributed by atoms with van der Waals surface area (Å²) in [6, 6.07) is 3.70. The van der Waals surface area contributed by atoms with Crippen LogP contribution in [-0.2, 0) is 6.54 Å². The van der Waals surface area contributed by atoms with Gasteiger partial charge in [-0.05, 0) is 38.9 Å². The third-order valence-electron chi connectivity index (χ3n) is 4.30. The number of nitrogens with zero attached hydrogens (tertiary/aromatic N) is 5. The molecule has 1 aliphatic heterocycles. The van der Waals surface area contributed by atoms with Crippen molar-refractivity contribution in [3.05, 3.63) is 36.5 Å². The van der Waals surface area contributed by atoms with Gasteiger partial charge in [-0.3, -0.25) is 0 Å². The molecule has 8 nitrogen and oxygen atoms in total. The molecule has 0 bridgehead atoms. The number of carbonyl (C=O) groups excluding carboxylic acids is 1. The molecule has 0 spiro atoms. The standard InChI is InChI=1S/C17H25N7O/c1-14(11-23-8-3-2-4-9-23)22-17(25)20-10-15-6-5-7-19-16(15)24-13-18-12-21-24/h5-7,12-14H,2-4,8-11H2,1H3,(H2,20,22,25). The number of nitrogens with one attached hydrogen (secondary N) is 2. The lowest BCUT2D eigenvalue weighted by atomic mass is 10.1. The second kappa shape index (κ2) is 8.57. The second-order valence-corrected chi connectivity index (χ2v) is 6.42. The third kappa shape index (κ3) is 4.99. The van der Waals surface area contributed by atoms with Gasteiger partial charge >= 0.3 is 6.03 Å². The molecule has 1 atom stereocenters. The van der Waals surface area contributed by atoms with Crippen LogP contribution in [0.5, 0.6) is 0 Å². The van der Waals surface area contributed by atoms with Crippen molar-refractivity contribution in [3.63, 3.8) is 0 Å². The molecule has 2 aromatic heterocycles. The van der Waals surface area contributed by atoms with Gasteiger partial charge in [-0.2, -0.15) is 5.10 Å². The van der Waals surface area contributed by atoms with E-state index in [4.69, 9.17) is 0 Å². The maximum atomic E-state index is 12.2. The van der Waals surface area contributed by atoms with Crippen molar-refractivity contribution in [1.29, 1.82) is 0 Å². The number of likely N-dealkylation sites (tertiary alicyclic amines) is 1. The number of carbonyl (C=O) groups is 1. The van der Waals surface area contributed by atoms with Crippen LogP contribution in [0.2, 0.25) is 0 Å². The first-order valence-corrected chi connectivity index (χ1v) is 8.78. The fourth-order valence-electron chi connectivity index (χ4n) is 3.12. The van der Waals surface area contributed by atoms with E-state index in [1.807, 2.05) is 19.1 Å². The summed E-state index contributed by atoms with van der Waals surface area (Å²) in [6.45, 7) is 5.57. The first kappa shape index (κ1) is 17.3. The van der Waals surface area contributed by atoms with E-state index in [1.54, 1.807) is 17.2 Å². The lowest BCUT2D eigenvalue weighted by Gasteiger charge is -2.29. The molecule has 2 aromatic rings. The van der Waals surface area contributed by atoms with E-state index < -0.39 is 0 Å². The number of hydrogen-bond acceptors (Lipinski definition) is 5. The molecule has 2 amide bonds. The molecule has 0 aliphatic carbocycles. The van der Waals surface area contributed by atoms with Crippen molar-refractivity contribution in [2.75, 3.05) is 19.6 Å². The predicted octanol–water partition coefficient (Wildman–Crippen LogP) is 1.34. The van der Waals surface area contributed by atoms with Crippen LogP contribution in [0.25, 0.3) is 5.82 Å². The Morgan fingerprint density at radius 1 is 1.32 bits per heavy atom. The monoisotopic (exact) mass is 343 g/mol. The Morgan fingerprint density at radius 3 is 2.92 bits per heavy atom. The van der Waals surface area contributed by atoms with E-state index in [9.17, 15) is 4.79 Å². The van der Waals surface area contributed by atoms with Gasteiger partial charge in [0.05, 0.1) is 0 Å². The van der Waals surface area contributed by atoms with E-state index >= 15 is 0 Å². The number of aromatic nitrogens is 4. The molecule has 0 radical (unpaired) electrons. The highest BCUT2D eigenvalue weighted by Crippen LogP contribution is 2.10.